The summed E-state index contributed by atoms with van der Waals surface area (Å²) in [5.41, 5.74) is 3.73. The van der Waals surface area contributed by atoms with E-state index in [1.165, 1.54) is 0 Å². The van der Waals surface area contributed by atoms with Gasteiger partial charge in [0, 0.05) is 11.5 Å². The van der Waals surface area contributed by atoms with E-state index in [1.807, 2.05) is 75.4 Å². The molecule has 4 rings (SSSR count). The van der Waals surface area contributed by atoms with E-state index in [1.54, 1.807) is 11.8 Å². The van der Waals surface area contributed by atoms with Gasteiger partial charge < -0.3 is 14.8 Å². The second-order valence-electron chi connectivity index (χ2n) is 7.70. The largest absolute Gasteiger partial charge is 0.494 e. The minimum absolute atomic E-state index is 0.159. The molecule has 32 heavy (non-hydrogen) atoms. The molecule has 0 bridgehead atoms. The summed E-state index contributed by atoms with van der Waals surface area (Å²) < 4.78 is 12.8. The van der Waals surface area contributed by atoms with Gasteiger partial charge in [0.05, 0.1) is 25.8 Å². The van der Waals surface area contributed by atoms with Crippen molar-refractivity contribution in [3.05, 3.63) is 71.4 Å². The highest BCUT2D eigenvalue weighted by Gasteiger charge is 2.15. The zero-order valence-electron chi connectivity index (χ0n) is 18.7. The maximum Gasteiger partial charge on any atom is 0.228 e. The third-order valence-electron chi connectivity index (χ3n) is 5.15. The van der Waals surface area contributed by atoms with Gasteiger partial charge in [-0.3, -0.25) is 4.79 Å². The summed E-state index contributed by atoms with van der Waals surface area (Å²) in [6, 6.07) is 17.3. The number of fused-ring (bicyclic) bond motifs is 1. The number of amides is 1. The Labute approximate surface area is 187 Å². The van der Waals surface area contributed by atoms with Crippen LogP contribution in [0.2, 0.25) is 0 Å². The van der Waals surface area contributed by atoms with Crippen molar-refractivity contribution in [2.24, 2.45) is 0 Å². The fourth-order valence-electron chi connectivity index (χ4n) is 3.51. The number of ether oxygens (including phenoxy) is 2. The minimum atomic E-state index is -0.159. The van der Waals surface area contributed by atoms with Crippen molar-refractivity contribution in [2.45, 2.75) is 27.2 Å². The van der Waals surface area contributed by atoms with Gasteiger partial charge in [0.15, 0.2) is 5.82 Å². The summed E-state index contributed by atoms with van der Waals surface area (Å²) in [6.07, 6.45) is 0.218. The molecule has 2 heterocycles. The number of aryl methyl sites for hydroxylation is 3. The van der Waals surface area contributed by atoms with E-state index in [0.29, 0.717) is 17.4 Å². The number of pyridine rings is 1. The number of para-hydroxylation sites is 1. The normalized spacial score (nSPS) is 10.9. The molecule has 0 aliphatic carbocycles. The van der Waals surface area contributed by atoms with E-state index >= 15 is 0 Å². The monoisotopic (exact) mass is 430 g/mol. The van der Waals surface area contributed by atoms with Crippen LogP contribution in [0.3, 0.4) is 0 Å². The van der Waals surface area contributed by atoms with E-state index in [2.05, 4.69) is 10.4 Å². The van der Waals surface area contributed by atoms with Gasteiger partial charge in [-0.05, 0) is 50.6 Å². The highest BCUT2D eigenvalue weighted by Crippen LogP contribution is 2.28. The lowest BCUT2D eigenvalue weighted by Crippen LogP contribution is -2.18. The Morgan fingerprint density at radius 2 is 1.84 bits per heavy atom. The molecule has 7 nitrogen and oxygen atoms in total. The molecule has 0 unspecified atom stereocenters. The van der Waals surface area contributed by atoms with E-state index in [-0.39, 0.29) is 18.9 Å². The van der Waals surface area contributed by atoms with Crippen molar-refractivity contribution < 1.29 is 14.3 Å². The summed E-state index contributed by atoms with van der Waals surface area (Å²) in [5, 5.41) is 8.48. The first-order valence-electron chi connectivity index (χ1n) is 10.5. The second-order valence-corrected chi connectivity index (χ2v) is 7.70. The fraction of sp³-hybridized carbons (Fsp3) is 0.240. The van der Waals surface area contributed by atoms with Gasteiger partial charge in [-0.15, -0.1) is 0 Å². The molecular weight excluding hydrogens is 404 g/mol. The van der Waals surface area contributed by atoms with E-state index < -0.39 is 0 Å². The van der Waals surface area contributed by atoms with Crippen LogP contribution in [0.4, 0.5) is 5.82 Å². The van der Waals surface area contributed by atoms with E-state index in [9.17, 15) is 4.79 Å². The van der Waals surface area contributed by atoms with Crippen molar-refractivity contribution in [3.8, 4) is 17.3 Å². The average Bonchev–Trinajstić information content (AvgIpc) is 3.14. The highest BCUT2D eigenvalue weighted by atomic mass is 16.5. The molecular formula is C25H26N4O3. The van der Waals surface area contributed by atoms with Gasteiger partial charge in [-0.2, -0.15) is 9.78 Å². The number of anilines is 1. The highest BCUT2D eigenvalue weighted by molar-refractivity contribution is 5.91. The summed E-state index contributed by atoms with van der Waals surface area (Å²) in [7, 11) is 1.63. The molecule has 0 atom stereocenters. The smallest absolute Gasteiger partial charge is 0.228 e. The molecule has 0 spiro atoms. The minimum Gasteiger partial charge on any atom is -0.494 e. The van der Waals surface area contributed by atoms with Crippen LogP contribution in [0.15, 0.2) is 54.6 Å². The molecule has 1 amide bonds. The number of nitrogens with one attached hydrogen (secondary N) is 1. The van der Waals surface area contributed by atoms with Gasteiger partial charge in [-0.25, -0.2) is 4.98 Å². The average molecular weight is 431 g/mol. The molecule has 164 valence electrons. The first-order valence-corrected chi connectivity index (χ1v) is 10.5. The van der Waals surface area contributed by atoms with Crippen LogP contribution in [-0.2, 0) is 4.79 Å². The third kappa shape index (κ3) is 4.56. The third-order valence-corrected chi connectivity index (χ3v) is 5.15. The van der Waals surface area contributed by atoms with E-state index in [4.69, 9.17) is 14.5 Å². The lowest BCUT2D eigenvalue weighted by Gasteiger charge is -2.12. The summed E-state index contributed by atoms with van der Waals surface area (Å²) >= 11 is 0. The maximum absolute atomic E-state index is 12.6. The molecule has 4 aromatic rings. The Morgan fingerprint density at radius 1 is 1.06 bits per heavy atom. The van der Waals surface area contributed by atoms with Crippen LogP contribution in [0.1, 0.15) is 23.2 Å². The maximum atomic E-state index is 12.6. The predicted octanol–water partition coefficient (Wildman–Crippen LogP) is 4.76. The van der Waals surface area contributed by atoms with Crippen LogP contribution in [0, 0.1) is 20.8 Å². The first kappa shape index (κ1) is 21.4. The summed E-state index contributed by atoms with van der Waals surface area (Å²) in [6.45, 7) is 6.20. The van der Waals surface area contributed by atoms with Crippen molar-refractivity contribution >= 4 is 22.6 Å². The van der Waals surface area contributed by atoms with Crippen LogP contribution in [0.5, 0.6) is 11.5 Å². The molecule has 0 aliphatic heterocycles. The van der Waals surface area contributed by atoms with E-state index in [0.717, 1.165) is 33.5 Å². The zero-order chi connectivity index (χ0) is 22.7. The molecule has 2 aromatic carbocycles. The number of methoxy groups -OCH3 is 1. The number of benzene rings is 2. The number of carbonyl (C=O) groups is 1. The number of hydrogen-bond acceptors (Lipinski definition) is 5. The van der Waals surface area contributed by atoms with Gasteiger partial charge in [0.2, 0.25) is 5.91 Å². The Bertz CT molecular complexity index is 1260. The Hall–Kier alpha value is -3.87. The van der Waals surface area contributed by atoms with Crippen molar-refractivity contribution in [3.63, 3.8) is 0 Å². The Kier molecular flexibility index (Phi) is 6.07. The molecule has 2 aromatic heterocycles. The number of rotatable bonds is 7. The van der Waals surface area contributed by atoms with Crippen LogP contribution < -0.4 is 14.8 Å². The molecule has 1 N–H and O–H groups in total. The molecule has 0 saturated carbocycles. The quantitative estimate of drug-likeness (QED) is 0.457. The molecule has 0 fully saturated rings. The summed E-state index contributed by atoms with van der Waals surface area (Å²) in [4.78, 5) is 17.3. The van der Waals surface area contributed by atoms with Crippen LogP contribution in [0.25, 0.3) is 16.7 Å². The zero-order valence-corrected chi connectivity index (χ0v) is 18.7. The number of carbonyl (C=O) groups excluding carboxylic acids is 1. The van der Waals surface area contributed by atoms with Gasteiger partial charge in [-0.1, -0.05) is 29.8 Å². The standard InChI is InChI=1S/C25H26N4O3/c1-16-8-10-19(11-9-16)32-13-12-24(30)26-23-15-18(3)28-29(23)22-14-17(2)20-6-5-7-21(31-4)25(20)27-22/h5-11,14-15H,12-13H2,1-4H3,(H,26,30). The lowest BCUT2D eigenvalue weighted by atomic mass is 10.1. The predicted molar refractivity (Wildman–Crippen MR) is 125 cm³/mol. The Balaban J connectivity index is 1.53. The van der Waals surface area contributed by atoms with Gasteiger partial charge in [0.25, 0.3) is 0 Å². The van der Waals surface area contributed by atoms with Crippen molar-refractivity contribution in [1.82, 2.24) is 14.8 Å². The number of aromatic nitrogens is 3. The summed E-state index contributed by atoms with van der Waals surface area (Å²) in [5.74, 6) is 2.44. The van der Waals surface area contributed by atoms with Gasteiger partial charge in [0.1, 0.15) is 22.8 Å². The molecule has 0 saturated heterocycles. The molecule has 0 radical (unpaired) electrons. The van der Waals surface area contributed by atoms with Crippen molar-refractivity contribution in [1.29, 1.82) is 0 Å². The van der Waals surface area contributed by atoms with Gasteiger partial charge >= 0.3 is 0 Å². The molecule has 7 heteroatoms. The fourth-order valence-corrected chi connectivity index (χ4v) is 3.51. The number of hydrogen-bond donors (Lipinski definition) is 1. The molecule has 0 aliphatic rings. The van der Waals surface area contributed by atoms with Crippen LogP contribution >= 0.6 is 0 Å². The first-order chi connectivity index (χ1) is 15.4. The van der Waals surface area contributed by atoms with Crippen LogP contribution in [-0.4, -0.2) is 34.4 Å². The second kappa shape index (κ2) is 9.09. The lowest BCUT2D eigenvalue weighted by molar-refractivity contribution is -0.116. The SMILES string of the molecule is COc1cccc2c(C)cc(-n3nc(C)cc3NC(=O)CCOc3ccc(C)cc3)nc12. The number of nitrogens with zero attached hydrogens (tertiary/aromatic N) is 3. The Morgan fingerprint density at radius 3 is 2.59 bits per heavy atom. The van der Waals surface area contributed by atoms with Crippen molar-refractivity contribution in [2.75, 3.05) is 19.0 Å². The topological polar surface area (TPSA) is 78.3 Å².